The molecule has 6 nitrogen and oxygen atoms in total. The monoisotopic (exact) mass is 316 g/mol. The van der Waals surface area contributed by atoms with Crippen molar-refractivity contribution in [3.63, 3.8) is 0 Å². The van der Waals surface area contributed by atoms with E-state index < -0.39 is 28.7 Å². The predicted molar refractivity (Wildman–Crippen MR) is 78.8 cm³/mol. The third kappa shape index (κ3) is 8.45. The Morgan fingerprint density at radius 2 is 1.86 bits per heavy atom. The fourth-order valence-electron chi connectivity index (χ4n) is 2.20. The van der Waals surface area contributed by atoms with Gasteiger partial charge in [-0.2, -0.15) is 13.7 Å². The first-order chi connectivity index (χ1) is 9.68. The van der Waals surface area contributed by atoms with Crippen LogP contribution in [0.2, 0.25) is 0 Å². The quantitative estimate of drug-likeness (QED) is 0.844. The lowest BCUT2D eigenvalue weighted by Crippen LogP contribution is -2.41. The van der Waals surface area contributed by atoms with E-state index in [1.54, 1.807) is 0 Å². The number of rotatable bonds is 2. The Labute approximate surface area is 129 Å². The van der Waals surface area contributed by atoms with Crippen LogP contribution in [0.1, 0.15) is 53.4 Å². The molecule has 1 rings (SSSR count). The van der Waals surface area contributed by atoms with Gasteiger partial charge in [-0.05, 0) is 52.4 Å². The van der Waals surface area contributed by atoms with Gasteiger partial charge in [0.25, 0.3) is 0 Å². The third-order valence-electron chi connectivity index (χ3n) is 3.44. The van der Waals surface area contributed by atoms with Gasteiger partial charge in [-0.25, -0.2) is 4.79 Å². The standard InChI is InChI=1S/C14H24N2O2.O2S/c1-11-5-7-14(9-15,8-6-11)10-16-12(17)18-13(2,3)4;1-3-2/h11H,5-8,10H2,1-4H3,(H,16,17);. The zero-order valence-corrected chi connectivity index (χ0v) is 13.9. The van der Waals surface area contributed by atoms with E-state index in [-0.39, 0.29) is 0 Å². The molecule has 0 saturated heterocycles. The van der Waals surface area contributed by atoms with Gasteiger partial charge in [-0.15, -0.1) is 0 Å². The van der Waals surface area contributed by atoms with E-state index in [2.05, 4.69) is 18.3 Å². The summed E-state index contributed by atoms with van der Waals surface area (Å²) in [5.74, 6) is 0.688. The molecule has 0 spiro atoms. The summed E-state index contributed by atoms with van der Waals surface area (Å²) in [4.78, 5) is 11.6. The molecule has 0 bridgehead atoms. The highest BCUT2D eigenvalue weighted by molar-refractivity contribution is 7.51. The SMILES string of the molecule is CC1CCC(C#N)(CNC(=O)OC(C)(C)C)CC1.O=S=O. The lowest BCUT2D eigenvalue weighted by Gasteiger charge is -2.33. The molecule has 0 unspecified atom stereocenters. The number of hydrogen-bond donors (Lipinski definition) is 1. The normalized spacial score (nSPS) is 24.8. The molecule has 1 saturated carbocycles. The molecule has 120 valence electrons. The molecule has 0 aromatic carbocycles. The summed E-state index contributed by atoms with van der Waals surface area (Å²) in [6, 6.07) is 2.39. The van der Waals surface area contributed by atoms with Gasteiger partial charge in [-0.1, -0.05) is 6.92 Å². The lowest BCUT2D eigenvalue weighted by atomic mass is 9.72. The van der Waals surface area contributed by atoms with Crippen LogP contribution in [0.15, 0.2) is 0 Å². The minimum absolute atomic E-state index is 0.394. The Balaban J connectivity index is 0.00000122. The Morgan fingerprint density at radius 3 is 2.24 bits per heavy atom. The molecule has 0 heterocycles. The highest BCUT2D eigenvalue weighted by Gasteiger charge is 2.35. The predicted octanol–water partition coefficient (Wildman–Crippen LogP) is 2.56. The van der Waals surface area contributed by atoms with E-state index >= 15 is 0 Å². The minimum Gasteiger partial charge on any atom is -0.444 e. The van der Waals surface area contributed by atoms with Crippen LogP contribution in [0.25, 0.3) is 0 Å². The highest BCUT2D eigenvalue weighted by Crippen LogP contribution is 2.37. The number of nitrogens with one attached hydrogen (secondary N) is 1. The minimum atomic E-state index is -0.750. The van der Waals surface area contributed by atoms with Crippen molar-refractivity contribution in [2.75, 3.05) is 6.54 Å². The van der Waals surface area contributed by atoms with E-state index in [1.807, 2.05) is 20.8 Å². The van der Waals surface area contributed by atoms with E-state index in [0.717, 1.165) is 25.7 Å². The van der Waals surface area contributed by atoms with E-state index in [1.165, 1.54) is 0 Å². The van der Waals surface area contributed by atoms with Crippen molar-refractivity contribution in [3.8, 4) is 6.07 Å². The topological polar surface area (TPSA) is 96.3 Å². The molecule has 0 radical (unpaired) electrons. The maximum absolute atomic E-state index is 11.6. The van der Waals surface area contributed by atoms with Crippen LogP contribution in [0, 0.1) is 22.7 Å². The maximum atomic E-state index is 11.6. The van der Waals surface area contributed by atoms with Crippen LogP contribution in [-0.2, 0) is 16.3 Å². The molecule has 1 fully saturated rings. The number of carbonyl (C=O) groups excluding carboxylic acids is 1. The average molecular weight is 316 g/mol. The first-order valence-electron chi connectivity index (χ1n) is 6.98. The van der Waals surface area contributed by atoms with Crippen molar-refractivity contribution in [2.24, 2.45) is 11.3 Å². The van der Waals surface area contributed by atoms with E-state index in [4.69, 9.17) is 13.2 Å². The Hall–Kier alpha value is -1.42. The Kier molecular flexibility index (Phi) is 8.18. The second-order valence-electron chi connectivity index (χ2n) is 6.50. The molecule has 1 aliphatic rings. The van der Waals surface area contributed by atoms with Gasteiger partial charge in [0, 0.05) is 6.54 Å². The molecule has 0 aromatic heterocycles. The summed E-state index contributed by atoms with van der Waals surface area (Å²) < 4.78 is 21.8. The summed E-state index contributed by atoms with van der Waals surface area (Å²) in [6.45, 7) is 8.09. The summed E-state index contributed by atoms with van der Waals surface area (Å²) in [5.41, 5.74) is -0.894. The Bertz CT molecular complexity index is 412. The lowest BCUT2D eigenvalue weighted by molar-refractivity contribution is 0.0499. The van der Waals surface area contributed by atoms with Crippen LogP contribution in [0.3, 0.4) is 0 Å². The summed E-state index contributed by atoms with van der Waals surface area (Å²) in [7, 11) is 0. The van der Waals surface area contributed by atoms with E-state index in [0.29, 0.717) is 12.5 Å². The average Bonchev–Trinajstić information content (AvgIpc) is 2.38. The van der Waals surface area contributed by atoms with Gasteiger partial charge in [0.2, 0.25) is 0 Å². The maximum Gasteiger partial charge on any atom is 0.407 e. The zero-order valence-electron chi connectivity index (χ0n) is 13.1. The van der Waals surface area contributed by atoms with Gasteiger partial charge in [0.05, 0.1) is 11.5 Å². The van der Waals surface area contributed by atoms with Crippen molar-refractivity contribution in [3.05, 3.63) is 0 Å². The number of amides is 1. The molecular formula is C14H24N2O4S. The molecule has 21 heavy (non-hydrogen) atoms. The van der Waals surface area contributed by atoms with Crippen LogP contribution < -0.4 is 5.32 Å². The fraction of sp³-hybridized carbons (Fsp3) is 0.857. The molecule has 1 aliphatic carbocycles. The summed E-state index contributed by atoms with van der Waals surface area (Å²) in [6.07, 6.45) is 3.41. The second kappa shape index (κ2) is 8.78. The number of carbonyl (C=O) groups is 1. The molecule has 0 aliphatic heterocycles. The largest absolute Gasteiger partial charge is 0.444 e. The van der Waals surface area contributed by atoms with Crippen molar-refractivity contribution >= 4 is 17.7 Å². The Morgan fingerprint density at radius 1 is 1.38 bits per heavy atom. The van der Waals surface area contributed by atoms with Gasteiger partial charge in [0.1, 0.15) is 5.60 Å². The van der Waals surface area contributed by atoms with Gasteiger partial charge < -0.3 is 10.1 Å². The van der Waals surface area contributed by atoms with Gasteiger partial charge >= 0.3 is 17.7 Å². The van der Waals surface area contributed by atoms with Crippen molar-refractivity contribution in [1.29, 1.82) is 5.26 Å². The molecule has 0 atom stereocenters. The van der Waals surface area contributed by atoms with Crippen LogP contribution in [-0.4, -0.2) is 26.7 Å². The summed E-state index contributed by atoms with van der Waals surface area (Å²) >= 11 is -0.750. The van der Waals surface area contributed by atoms with Gasteiger partial charge in [-0.3, -0.25) is 0 Å². The zero-order chi connectivity index (χ0) is 16.5. The summed E-state index contributed by atoms with van der Waals surface area (Å²) in [5, 5.41) is 12.1. The van der Waals surface area contributed by atoms with Crippen LogP contribution in [0.5, 0.6) is 0 Å². The van der Waals surface area contributed by atoms with Gasteiger partial charge in [0.15, 0.2) is 0 Å². The number of nitriles is 1. The molecule has 7 heteroatoms. The van der Waals surface area contributed by atoms with E-state index in [9.17, 15) is 10.1 Å². The molecule has 1 amide bonds. The van der Waals surface area contributed by atoms with Crippen LogP contribution in [0.4, 0.5) is 4.79 Å². The first-order valence-corrected chi connectivity index (χ1v) is 7.64. The number of alkyl carbamates (subject to hydrolysis) is 1. The fourth-order valence-corrected chi connectivity index (χ4v) is 2.20. The first kappa shape index (κ1) is 19.6. The highest BCUT2D eigenvalue weighted by atomic mass is 32.1. The number of hydrogen-bond acceptors (Lipinski definition) is 5. The smallest absolute Gasteiger partial charge is 0.407 e. The number of nitrogens with zero attached hydrogens (tertiary/aromatic N) is 1. The van der Waals surface area contributed by atoms with Crippen molar-refractivity contribution < 1.29 is 17.9 Å². The second-order valence-corrected chi connectivity index (χ2v) is 6.63. The van der Waals surface area contributed by atoms with Crippen LogP contribution >= 0.6 is 0 Å². The molecule has 1 N–H and O–H groups in total. The molecule has 0 aromatic rings. The van der Waals surface area contributed by atoms with Crippen molar-refractivity contribution in [2.45, 2.75) is 59.0 Å². The number of ether oxygens (including phenoxy) is 1. The third-order valence-corrected chi connectivity index (χ3v) is 3.44. The molecular weight excluding hydrogens is 292 g/mol. The van der Waals surface area contributed by atoms with Crippen molar-refractivity contribution in [1.82, 2.24) is 5.32 Å².